The lowest BCUT2D eigenvalue weighted by Crippen LogP contribution is -2.41. The standard InChI is InChI=1S/C21H23BrN4O3/c1-15-13-16(22)7-8-19(15)24-20(27)14-29-25-18-9-11-26(12-10-18)21(28)23-17-5-3-2-4-6-17/h2-8,13H,9-12,14H2,1H3,(H,23,28)(H,24,27). The zero-order valence-electron chi connectivity index (χ0n) is 16.2. The average molecular weight is 459 g/mol. The van der Waals surface area contributed by atoms with Crippen LogP contribution in [0.15, 0.2) is 58.2 Å². The molecule has 2 aromatic carbocycles. The van der Waals surface area contributed by atoms with Gasteiger partial charge in [0, 0.05) is 41.8 Å². The van der Waals surface area contributed by atoms with Gasteiger partial charge in [0.15, 0.2) is 6.61 Å². The molecule has 1 heterocycles. The van der Waals surface area contributed by atoms with Gasteiger partial charge >= 0.3 is 6.03 Å². The van der Waals surface area contributed by atoms with E-state index in [4.69, 9.17) is 4.84 Å². The van der Waals surface area contributed by atoms with E-state index in [0.29, 0.717) is 25.9 Å². The number of amides is 3. The molecule has 8 heteroatoms. The number of benzene rings is 2. The van der Waals surface area contributed by atoms with Gasteiger partial charge in [0.25, 0.3) is 5.91 Å². The van der Waals surface area contributed by atoms with E-state index in [2.05, 4.69) is 31.7 Å². The summed E-state index contributed by atoms with van der Waals surface area (Å²) in [6.45, 7) is 2.89. The van der Waals surface area contributed by atoms with Crippen LogP contribution in [0, 0.1) is 6.92 Å². The fourth-order valence-electron chi connectivity index (χ4n) is 2.92. The average Bonchev–Trinajstić information content (AvgIpc) is 2.71. The van der Waals surface area contributed by atoms with Gasteiger partial charge in [-0.1, -0.05) is 39.3 Å². The highest BCUT2D eigenvalue weighted by atomic mass is 79.9. The Hall–Kier alpha value is -2.87. The number of piperidine rings is 1. The first-order valence-electron chi connectivity index (χ1n) is 9.36. The van der Waals surface area contributed by atoms with Crippen molar-refractivity contribution in [3.05, 3.63) is 58.6 Å². The molecule has 0 saturated carbocycles. The minimum Gasteiger partial charge on any atom is -0.386 e. The number of para-hydroxylation sites is 1. The van der Waals surface area contributed by atoms with E-state index in [-0.39, 0.29) is 18.5 Å². The summed E-state index contributed by atoms with van der Waals surface area (Å²) in [5.74, 6) is -0.264. The molecule has 0 atom stereocenters. The number of nitrogens with zero attached hydrogens (tertiary/aromatic N) is 2. The van der Waals surface area contributed by atoms with E-state index in [1.807, 2.05) is 55.5 Å². The molecule has 2 aromatic rings. The van der Waals surface area contributed by atoms with Crippen molar-refractivity contribution in [1.29, 1.82) is 0 Å². The number of halogens is 1. The van der Waals surface area contributed by atoms with Gasteiger partial charge in [0.2, 0.25) is 0 Å². The molecule has 7 nitrogen and oxygen atoms in total. The second-order valence-corrected chi connectivity index (χ2v) is 7.64. The Morgan fingerprint density at radius 2 is 1.83 bits per heavy atom. The lowest BCUT2D eigenvalue weighted by atomic mass is 10.1. The highest BCUT2D eigenvalue weighted by Crippen LogP contribution is 2.20. The van der Waals surface area contributed by atoms with Crippen LogP contribution in [-0.2, 0) is 9.63 Å². The van der Waals surface area contributed by atoms with Gasteiger partial charge in [-0.05, 0) is 42.8 Å². The van der Waals surface area contributed by atoms with Crippen LogP contribution in [-0.4, -0.2) is 42.2 Å². The highest BCUT2D eigenvalue weighted by molar-refractivity contribution is 9.10. The zero-order chi connectivity index (χ0) is 20.6. The quantitative estimate of drug-likeness (QED) is 0.651. The predicted molar refractivity (Wildman–Crippen MR) is 117 cm³/mol. The molecule has 0 unspecified atom stereocenters. The van der Waals surface area contributed by atoms with Crippen molar-refractivity contribution in [3.63, 3.8) is 0 Å². The second-order valence-electron chi connectivity index (χ2n) is 6.72. The third kappa shape index (κ3) is 6.32. The minimum atomic E-state index is -0.264. The van der Waals surface area contributed by atoms with Crippen LogP contribution < -0.4 is 10.6 Å². The van der Waals surface area contributed by atoms with E-state index in [1.165, 1.54) is 0 Å². The molecule has 29 heavy (non-hydrogen) atoms. The maximum Gasteiger partial charge on any atom is 0.321 e. The van der Waals surface area contributed by atoms with Gasteiger partial charge in [-0.25, -0.2) is 4.79 Å². The van der Waals surface area contributed by atoms with Crippen LogP contribution in [0.25, 0.3) is 0 Å². The molecule has 152 valence electrons. The number of urea groups is 1. The summed E-state index contributed by atoms with van der Waals surface area (Å²) in [4.78, 5) is 31.3. The van der Waals surface area contributed by atoms with Crippen LogP contribution in [0.3, 0.4) is 0 Å². The minimum absolute atomic E-state index is 0.125. The van der Waals surface area contributed by atoms with E-state index in [9.17, 15) is 9.59 Å². The molecule has 0 radical (unpaired) electrons. The summed E-state index contributed by atoms with van der Waals surface area (Å²) in [5, 5.41) is 9.75. The maximum absolute atomic E-state index is 12.3. The fraction of sp³-hybridized carbons (Fsp3) is 0.286. The third-order valence-electron chi connectivity index (χ3n) is 4.50. The number of nitrogens with one attached hydrogen (secondary N) is 2. The van der Waals surface area contributed by atoms with E-state index >= 15 is 0 Å². The van der Waals surface area contributed by atoms with Gasteiger partial charge in [0.1, 0.15) is 0 Å². The molecule has 0 aliphatic carbocycles. The number of anilines is 2. The molecule has 3 amide bonds. The summed E-state index contributed by atoms with van der Waals surface area (Å²) >= 11 is 3.39. The highest BCUT2D eigenvalue weighted by Gasteiger charge is 2.20. The molecule has 3 rings (SSSR count). The summed E-state index contributed by atoms with van der Waals surface area (Å²) in [7, 11) is 0. The number of hydrogen-bond donors (Lipinski definition) is 2. The molecule has 2 N–H and O–H groups in total. The summed E-state index contributed by atoms with van der Waals surface area (Å²) in [5.41, 5.74) is 3.32. The number of hydrogen-bond acceptors (Lipinski definition) is 4. The Kier molecular flexibility index (Phi) is 7.24. The van der Waals surface area contributed by atoms with Crippen molar-refractivity contribution in [2.75, 3.05) is 30.3 Å². The summed E-state index contributed by atoms with van der Waals surface area (Å²) in [6, 6.07) is 14.9. The Balaban J connectivity index is 1.40. The van der Waals surface area contributed by atoms with Crippen molar-refractivity contribution in [3.8, 4) is 0 Å². The molecule has 1 fully saturated rings. The van der Waals surface area contributed by atoms with E-state index in [0.717, 1.165) is 27.1 Å². The van der Waals surface area contributed by atoms with Crippen LogP contribution in [0.1, 0.15) is 18.4 Å². The van der Waals surface area contributed by atoms with Gasteiger partial charge in [0.05, 0.1) is 5.71 Å². The number of oxime groups is 1. The van der Waals surface area contributed by atoms with E-state index in [1.54, 1.807) is 4.90 Å². The van der Waals surface area contributed by atoms with Crippen molar-refractivity contribution in [1.82, 2.24) is 4.90 Å². The molecule has 0 aromatic heterocycles. The molecule has 1 aliphatic rings. The van der Waals surface area contributed by atoms with Gasteiger partial charge < -0.3 is 20.4 Å². The topological polar surface area (TPSA) is 83.0 Å². The lowest BCUT2D eigenvalue weighted by molar-refractivity contribution is -0.120. The maximum atomic E-state index is 12.3. The SMILES string of the molecule is Cc1cc(Br)ccc1NC(=O)CON=C1CCN(C(=O)Nc2ccccc2)CC1. The fourth-order valence-corrected chi connectivity index (χ4v) is 3.39. The first-order valence-corrected chi connectivity index (χ1v) is 10.2. The van der Waals surface area contributed by atoms with Crippen molar-refractivity contribution in [2.45, 2.75) is 19.8 Å². The first-order chi connectivity index (χ1) is 14.0. The number of likely N-dealkylation sites (tertiary alicyclic amines) is 1. The normalized spacial score (nSPS) is 13.6. The second kappa shape index (κ2) is 10.1. The molecule has 0 bridgehead atoms. The van der Waals surface area contributed by atoms with Crippen molar-refractivity contribution < 1.29 is 14.4 Å². The molecular formula is C21H23BrN4O3. The molecule has 0 spiro atoms. The lowest BCUT2D eigenvalue weighted by Gasteiger charge is -2.27. The number of aryl methyl sites for hydroxylation is 1. The largest absolute Gasteiger partial charge is 0.386 e. The van der Waals surface area contributed by atoms with Gasteiger partial charge in [-0.3, -0.25) is 4.79 Å². The number of carbonyl (C=O) groups excluding carboxylic acids is 2. The number of carbonyl (C=O) groups is 2. The smallest absolute Gasteiger partial charge is 0.321 e. The zero-order valence-corrected chi connectivity index (χ0v) is 17.7. The Morgan fingerprint density at radius 1 is 1.10 bits per heavy atom. The predicted octanol–water partition coefficient (Wildman–Crippen LogP) is 4.40. The van der Waals surface area contributed by atoms with Gasteiger partial charge in [-0.2, -0.15) is 0 Å². The summed E-state index contributed by atoms with van der Waals surface area (Å²) < 4.78 is 0.958. The van der Waals surface area contributed by atoms with Crippen LogP contribution >= 0.6 is 15.9 Å². The monoisotopic (exact) mass is 458 g/mol. The van der Waals surface area contributed by atoms with Crippen molar-refractivity contribution >= 4 is 45.0 Å². The van der Waals surface area contributed by atoms with Crippen LogP contribution in [0.2, 0.25) is 0 Å². The van der Waals surface area contributed by atoms with Crippen LogP contribution in [0.5, 0.6) is 0 Å². The molecule has 1 aliphatic heterocycles. The van der Waals surface area contributed by atoms with Crippen molar-refractivity contribution in [2.24, 2.45) is 5.16 Å². The number of rotatable bonds is 5. The molecular weight excluding hydrogens is 436 g/mol. The summed E-state index contributed by atoms with van der Waals surface area (Å²) in [6.07, 6.45) is 1.24. The van der Waals surface area contributed by atoms with Crippen LogP contribution in [0.4, 0.5) is 16.2 Å². The Labute approximate surface area is 178 Å². The third-order valence-corrected chi connectivity index (χ3v) is 5.00. The van der Waals surface area contributed by atoms with Gasteiger partial charge in [-0.15, -0.1) is 0 Å². The Morgan fingerprint density at radius 3 is 2.52 bits per heavy atom. The molecule has 1 saturated heterocycles. The first kappa shape index (κ1) is 20.9. The van der Waals surface area contributed by atoms with E-state index < -0.39 is 0 Å². The Bertz CT molecular complexity index is 892.